The van der Waals surface area contributed by atoms with Crippen molar-refractivity contribution in [1.29, 1.82) is 0 Å². The van der Waals surface area contributed by atoms with Crippen LogP contribution in [0.25, 0.3) is 22.3 Å². The summed E-state index contributed by atoms with van der Waals surface area (Å²) in [5.74, 6) is 2.16. The zero-order valence-corrected chi connectivity index (χ0v) is 16.5. The summed E-state index contributed by atoms with van der Waals surface area (Å²) in [6.07, 6.45) is 0. The monoisotopic (exact) mass is 424 g/mol. The molecule has 3 heterocycles. The van der Waals surface area contributed by atoms with E-state index in [1.165, 1.54) is 20.3 Å². The van der Waals surface area contributed by atoms with Gasteiger partial charge in [0.25, 0.3) is 5.56 Å². The fourth-order valence-electron chi connectivity index (χ4n) is 3.41. The molecule has 0 spiro atoms. The SMILES string of the molecule is COc1cccc(-c2noc(Cn3c(=O)[nH]c4cc5c(cc4c3=O)OCO5)n2)c1OC. The second-order valence-electron chi connectivity index (χ2n) is 6.63. The van der Waals surface area contributed by atoms with Crippen molar-refractivity contribution >= 4 is 10.9 Å². The number of ether oxygens (including phenoxy) is 4. The van der Waals surface area contributed by atoms with E-state index in [0.29, 0.717) is 34.1 Å². The Bertz CT molecular complexity index is 1420. The number of hydrogen-bond donors (Lipinski definition) is 1. The first-order chi connectivity index (χ1) is 15.1. The highest BCUT2D eigenvalue weighted by Crippen LogP contribution is 2.36. The maximum atomic E-state index is 12.9. The van der Waals surface area contributed by atoms with Crippen molar-refractivity contribution in [3.63, 3.8) is 0 Å². The van der Waals surface area contributed by atoms with Crippen molar-refractivity contribution < 1.29 is 23.5 Å². The number of nitrogens with one attached hydrogen (secondary N) is 1. The van der Waals surface area contributed by atoms with E-state index in [2.05, 4.69) is 15.1 Å². The molecular weight excluding hydrogens is 408 g/mol. The number of benzene rings is 2. The minimum absolute atomic E-state index is 0.0581. The number of hydrogen-bond acceptors (Lipinski definition) is 9. The van der Waals surface area contributed by atoms with Crippen LogP contribution in [0.2, 0.25) is 0 Å². The highest BCUT2D eigenvalue weighted by Gasteiger charge is 2.20. The Morgan fingerprint density at radius 1 is 1.13 bits per heavy atom. The van der Waals surface area contributed by atoms with E-state index < -0.39 is 11.2 Å². The van der Waals surface area contributed by atoms with Gasteiger partial charge < -0.3 is 28.5 Å². The fraction of sp³-hybridized carbons (Fsp3) is 0.200. The number of aromatic nitrogens is 4. The van der Waals surface area contributed by atoms with E-state index in [0.717, 1.165) is 4.57 Å². The third kappa shape index (κ3) is 3.06. The number of fused-ring (bicyclic) bond motifs is 2. The molecule has 0 saturated heterocycles. The maximum Gasteiger partial charge on any atom is 0.329 e. The summed E-state index contributed by atoms with van der Waals surface area (Å²) < 4.78 is 27.5. The van der Waals surface area contributed by atoms with E-state index in [4.69, 9.17) is 23.5 Å². The molecule has 0 amide bonds. The maximum absolute atomic E-state index is 12.9. The number of H-pyrrole nitrogens is 1. The van der Waals surface area contributed by atoms with E-state index in [1.807, 2.05) is 0 Å². The lowest BCUT2D eigenvalue weighted by Crippen LogP contribution is -2.35. The molecule has 0 bridgehead atoms. The van der Waals surface area contributed by atoms with Gasteiger partial charge >= 0.3 is 5.69 Å². The second kappa shape index (κ2) is 7.20. The Morgan fingerprint density at radius 2 is 1.94 bits per heavy atom. The lowest BCUT2D eigenvalue weighted by atomic mass is 10.1. The van der Waals surface area contributed by atoms with Crippen LogP contribution in [-0.4, -0.2) is 40.7 Å². The molecule has 1 aliphatic rings. The van der Waals surface area contributed by atoms with Crippen molar-refractivity contribution in [3.8, 4) is 34.4 Å². The van der Waals surface area contributed by atoms with Crippen molar-refractivity contribution in [2.75, 3.05) is 21.0 Å². The van der Waals surface area contributed by atoms with E-state index in [-0.39, 0.29) is 30.4 Å². The minimum atomic E-state index is -0.616. The number of nitrogens with zero attached hydrogens (tertiary/aromatic N) is 3. The first kappa shape index (κ1) is 18.7. The standard InChI is InChI=1S/C20H16N4O7/c1-27-13-5-3-4-10(17(13)28-2)18-22-16(31-23-18)8-24-19(25)11-6-14-15(30-9-29-14)7-12(11)21-20(24)26/h3-7H,8-9H2,1-2H3,(H,21,26). The van der Waals surface area contributed by atoms with Gasteiger partial charge in [-0.15, -0.1) is 0 Å². The summed E-state index contributed by atoms with van der Waals surface area (Å²) in [5, 5.41) is 4.23. The molecule has 0 atom stereocenters. The van der Waals surface area contributed by atoms with Crippen LogP contribution in [0.15, 0.2) is 44.4 Å². The summed E-state index contributed by atoms with van der Waals surface area (Å²) in [5.41, 5.74) is -0.238. The summed E-state index contributed by atoms with van der Waals surface area (Å²) in [7, 11) is 3.02. The number of aromatic amines is 1. The predicted octanol–water partition coefficient (Wildman–Crippen LogP) is 1.53. The quantitative estimate of drug-likeness (QED) is 0.507. The molecule has 0 aliphatic carbocycles. The average Bonchev–Trinajstić information content (AvgIpc) is 3.44. The molecule has 1 aliphatic heterocycles. The largest absolute Gasteiger partial charge is 0.493 e. The normalized spacial score (nSPS) is 12.3. The third-order valence-electron chi connectivity index (χ3n) is 4.88. The molecule has 11 heteroatoms. The van der Waals surface area contributed by atoms with Crippen LogP contribution < -0.4 is 30.2 Å². The van der Waals surface area contributed by atoms with Crippen LogP contribution in [0, 0.1) is 0 Å². The predicted molar refractivity (Wildman–Crippen MR) is 107 cm³/mol. The van der Waals surface area contributed by atoms with Crippen molar-refractivity contribution in [2.45, 2.75) is 6.54 Å². The van der Waals surface area contributed by atoms with Crippen LogP contribution in [0.5, 0.6) is 23.0 Å². The molecule has 0 unspecified atom stereocenters. The van der Waals surface area contributed by atoms with Gasteiger partial charge in [0.05, 0.1) is 30.7 Å². The van der Waals surface area contributed by atoms with E-state index in [9.17, 15) is 9.59 Å². The molecule has 5 rings (SSSR count). The Balaban J connectivity index is 1.54. The average molecular weight is 424 g/mol. The van der Waals surface area contributed by atoms with E-state index in [1.54, 1.807) is 24.3 Å². The third-order valence-corrected chi connectivity index (χ3v) is 4.88. The Morgan fingerprint density at radius 3 is 2.71 bits per heavy atom. The van der Waals surface area contributed by atoms with Crippen molar-refractivity contribution in [3.05, 3.63) is 57.1 Å². The summed E-state index contributed by atoms with van der Waals surface area (Å²) in [4.78, 5) is 32.4. The van der Waals surface area contributed by atoms with Crippen LogP contribution in [0.1, 0.15) is 5.89 Å². The minimum Gasteiger partial charge on any atom is -0.493 e. The molecule has 11 nitrogen and oxygen atoms in total. The second-order valence-corrected chi connectivity index (χ2v) is 6.63. The lowest BCUT2D eigenvalue weighted by Gasteiger charge is -2.09. The fourth-order valence-corrected chi connectivity index (χ4v) is 3.41. The van der Waals surface area contributed by atoms with Crippen LogP contribution in [-0.2, 0) is 6.54 Å². The molecule has 0 fully saturated rings. The van der Waals surface area contributed by atoms with Gasteiger partial charge in [0, 0.05) is 6.07 Å². The van der Waals surface area contributed by atoms with Gasteiger partial charge in [-0.1, -0.05) is 11.2 Å². The van der Waals surface area contributed by atoms with Crippen LogP contribution in [0.4, 0.5) is 0 Å². The molecule has 1 N–H and O–H groups in total. The van der Waals surface area contributed by atoms with E-state index >= 15 is 0 Å². The Hall–Kier alpha value is -4.28. The topological polar surface area (TPSA) is 131 Å². The molecule has 0 radical (unpaired) electrons. The van der Waals surface area contributed by atoms with Gasteiger partial charge in [-0.3, -0.25) is 9.36 Å². The van der Waals surface area contributed by atoms with Gasteiger partial charge in [0.2, 0.25) is 18.5 Å². The summed E-state index contributed by atoms with van der Waals surface area (Å²) in [6.45, 7) is -0.152. The van der Waals surface area contributed by atoms with Gasteiger partial charge in [-0.05, 0) is 18.2 Å². The first-order valence-corrected chi connectivity index (χ1v) is 9.19. The number of rotatable bonds is 5. The highest BCUT2D eigenvalue weighted by atomic mass is 16.7. The van der Waals surface area contributed by atoms with Crippen molar-refractivity contribution in [1.82, 2.24) is 19.7 Å². The van der Waals surface area contributed by atoms with Crippen molar-refractivity contribution in [2.24, 2.45) is 0 Å². The van der Waals surface area contributed by atoms with Gasteiger partial charge in [0.15, 0.2) is 23.0 Å². The van der Waals surface area contributed by atoms with Gasteiger partial charge in [0.1, 0.15) is 6.54 Å². The Kier molecular flexibility index (Phi) is 4.35. The molecule has 2 aromatic carbocycles. The smallest absolute Gasteiger partial charge is 0.329 e. The molecule has 31 heavy (non-hydrogen) atoms. The molecule has 2 aromatic heterocycles. The number of methoxy groups -OCH3 is 2. The van der Waals surface area contributed by atoms with Gasteiger partial charge in [-0.2, -0.15) is 4.98 Å². The molecule has 4 aromatic rings. The van der Waals surface area contributed by atoms with Gasteiger partial charge in [-0.25, -0.2) is 4.79 Å². The first-order valence-electron chi connectivity index (χ1n) is 9.19. The summed E-state index contributed by atoms with van der Waals surface area (Å²) in [6, 6.07) is 8.34. The van der Waals surface area contributed by atoms with Crippen LogP contribution in [0.3, 0.4) is 0 Å². The number of para-hydroxylation sites is 1. The zero-order valence-electron chi connectivity index (χ0n) is 16.5. The molecular formula is C20H16N4O7. The Labute approximate surface area is 173 Å². The van der Waals surface area contributed by atoms with Crippen LogP contribution >= 0.6 is 0 Å². The molecule has 0 saturated carbocycles. The summed E-state index contributed by atoms with van der Waals surface area (Å²) >= 11 is 0. The molecule has 158 valence electrons. The lowest BCUT2D eigenvalue weighted by molar-refractivity contribution is 0.174. The highest BCUT2D eigenvalue weighted by molar-refractivity contribution is 5.82. The zero-order chi connectivity index (χ0) is 21.5.